The van der Waals surface area contributed by atoms with Crippen LogP contribution in [0.1, 0.15) is 25.5 Å². The Morgan fingerprint density at radius 3 is 2.81 bits per heavy atom. The maximum Gasteiger partial charge on any atom is 0.114 e. The summed E-state index contributed by atoms with van der Waals surface area (Å²) in [5, 5.41) is 12.4. The molecule has 1 atom stereocenters. The smallest absolute Gasteiger partial charge is 0.114 e. The Hall–Kier alpha value is -0.450. The van der Waals surface area contributed by atoms with Gasteiger partial charge in [-0.2, -0.15) is 0 Å². The zero-order chi connectivity index (χ0) is 12.0. The number of rotatable bonds is 7. The lowest BCUT2D eigenvalue weighted by atomic mass is 9.98. The van der Waals surface area contributed by atoms with Crippen molar-refractivity contribution in [2.24, 2.45) is 0 Å². The first-order valence-corrected chi connectivity index (χ1v) is 6.56. The van der Waals surface area contributed by atoms with E-state index < -0.39 is 0 Å². The van der Waals surface area contributed by atoms with Gasteiger partial charge >= 0.3 is 0 Å². The number of aliphatic hydroxyl groups is 1. The van der Waals surface area contributed by atoms with Crippen LogP contribution in [0.4, 0.5) is 0 Å². The molecule has 92 valence electrons. The maximum atomic E-state index is 9.23. The normalized spacial score (nSPS) is 15.0. The minimum absolute atomic E-state index is 0.147. The van der Waals surface area contributed by atoms with Gasteiger partial charge in [0.2, 0.25) is 0 Å². The van der Waals surface area contributed by atoms with Crippen LogP contribution in [0, 0.1) is 6.92 Å². The summed E-state index contributed by atoms with van der Waals surface area (Å²) in [6, 6.07) is 2.00. The van der Waals surface area contributed by atoms with Crippen molar-refractivity contribution in [3.63, 3.8) is 0 Å². The van der Waals surface area contributed by atoms with Gasteiger partial charge in [-0.1, -0.05) is 0 Å². The van der Waals surface area contributed by atoms with Gasteiger partial charge in [-0.25, -0.2) is 0 Å². The summed E-state index contributed by atoms with van der Waals surface area (Å²) in [7, 11) is 1.89. The van der Waals surface area contributed by atoms with Crippen LogP contribution in [0.15, 0.2) is 21.6 Å². The molecule has 3 nitrogen and oxygen atoms in total. The highest BCUT2D eigenvalue weighted by Gasteiger charge is 2.19. The van der Waals surface area contributed by atoms with Crippen molar-refractivity contribution in [2.45, 2.75) is 37.1 Å². The van der Waals surface area contributed by atoms with Crippen molar-refractivity contribution >= 4 is 11.8 Å². The molecule has 1 aromatic heterocycles. The van der Waals surface area contributed by atoms with Crippen LogP contribution < -0.4 is 5.32 Å². The average Bonchev–Trinajstić information content (AvgIpc) is 2.70. The van der Waals surface area contributed by atoms with Gasteiger partial charge in [-0.15, -0.1) is 11.8 Å². The highest BCUT2D eigenvalue weighted by atomic mass is 32.2. The van der Waals surface area contributed by atoms with Crippen LogP contribution in [-0.2, 0) is 0 Å². The van der Waals surface area contributed by atoms with Crippen molar-refractivity contribution in [3.05, 3.63) is 18.1 Å². The molecule has 1 aromatic rings. The number of thioether (sulfide) groups is 1. The van der Waals surface area contributed by atoms with Gasteiger partial charge in [0.05, 0.1) is 12.9 Å². The Morgan fingerprint density at radius 1 is 1.56 bits per heavy atom. The molecular formula is C12H21NO2S. The molecule has 0 aromatic carbocycles. The number of aryl methyl sites for hydroxylation is 1. The molecule has 4 heteroatoms. The average molecular weight is 243 g/mol. The van der Waals surface area contributed by atoms with Gasteiger partial charge in [0.15, 0.2) is 0 Å². The zero-order valence-corrected chi connectivity index (χ0v) is 11.1. The van der Waals surface area contributed by atoms with Crippen LogP contribution in [0.5, 0.6) is 0 Å². The third kappa shape index (κ3) is 3.85. The zero-order valence-electron chi connectivity index (χ0n) is 10.2. The number of hydrogen-bond donors (Lipinski definition) is 2. The lowest BCUT2D eigenvalue weighted by molar-refractivity contribution is 0.173. The van der Waals surface area contributed by atoms with E-state index in [1.54, 1.807) is 6.26 Å². The van der Waals surface area contributed by atoms with Crippen LogP contribution in [-0.4, -0.2) is 30.1 Å². The number of nitrogens with one attached hydrogen (secondary N) is 1. The van der Waals surface area contributed by atoms with Gasteiger partial charge in [0.1, 0.15) is 5.76 Å². The minimum atomic E-state index is -0.147. The van der Waals surface area contributed by atoms with Crippen LogP contribution in [0.25, 0.3) is 0 Å². The highest BCUT2D eigenvalue weighted by molar-refractivity contribution is 7.99. The first-order chi connectivity index (χ1) is 7.61. The van der Waals surface area contributed by atoms with E-state index >= 15 is 0 Å². The van der Waals surface area contributed by atoms with Crippen molar-refractivity contribution in [1.29, 1.82) is 0 Å². The fourth-order valence-corrected chi connectivity index (χ4v) is 2.36. The quantitative estimate of drug-likeness (QED) is 0.570. The standard InChI is InChI=1S/C12H21NO2S/c1-10-11(5-7-15-10)16-8-4-6-12(2,9-14)13-3/h5,7,13-14H,4,6,8-9H2,1-3H3. The van der Waals surface area contributed by atoms with Crippen LogP contribution in [0.2, 0.25) is 0 Å². The fourth-order valence-electron chi connectivity index (χ4n) is 1.45. The lowest BCUT2D eigenvalue weighted by Gasteiger charge is -2.26. The molecule has 1 rings (SSSR count). The SMILES string of the molecule is CNC(C)(CO)CCCSc1ccoc1C. The van der Waals surface area contributed by atoms with Crippen molar-refractivity contribution in [1.82, 2.24) is 5.32 Å². The predicted molar refractivity (Wildman–Crippen MR) is 68.0 cm³/mol. The molecule has 0 saturated carbocycles. The molecule has 0 saturated heterocycles. The molecule has 0 aliphatic rings. The Labute approximate surface area is 102 Å². The first kappa shape index (κ1) is 13.6. The molecule has 0 aliphatic heterocycles. The summed E-state index contributed by atoms with van der Waals surface area (Å²) in [4.78, 5) is 1.22. The molecule has 1 unspecified atom stereocenters. The van der Waals surface area contributed by atoms with E-state index in [1.807, 2.05) is 38.7 Å². The summed E-state index contributed by atoms with van der Waals surface area (Å²) in [5.41, 5.74) is -0.147. The van der Waals surface area contributed by atoms with E-state index in [-0.39, 0.29) is 12.1 Å². The summed E-state index contributed by atoms with van der Waals surface area (Å²) in [5.74, 6) is 2.04. The Kier molecular flexibility index (Phi) is 5.38. The Bertz CT molecular complexity index is 308. The summed E-state index contributed by atoms with van der Waals surface area (Å²) < 4.78 is 5.23. The summed E-state index contributed by atoms with van der Waals surface area (Å²) >= 11 is 1.81. The fraction of sp³-hybridized carbons (Fsp3) is 0.667. The van der Waals surface area contributed by atoms with Gasteiger partial charge < -0.3 is 14.8 Å². The summed E-state index contributed by atoms with van der Waals surface area (Å²) in [6.07, 6.45) is 3.78. The lowest BCUT2D eigenvalue weighted by Crippen LogP contribution is -2.43. The molecule has 0 amide bonds. The molecule has 1 heterocycles. The molecule has 0 radical (unpaired) electrons. The number of hydrogen-bond acceptors (Lipinski definition) is 4. The van der Waals surface area contributed by atoms with E-state index in [9.17, 15) is 5.11 Å². The second-order valence-electron chi connectivity index (χ2n) is 4.26. The summed E-state index contributed by atoms with van der Waals surface area (Å²) in [6.45, 7) is 4.20. The van der Waals surface area contributed by atoms with Crippen molar-refractivity contribution < 1.29 is 9.52 Å². The Balaban J connectivity index is 2.24. The topological polar surface area (TPSA) is 45.4 Å². The number of furan rings is 1. The largest absolute Gasteiger partial charge is 0.468 e. The van der Waals surface area contributed by atoms with E-state index in [0.29, 0.717) is 0 Å². The van der Waals surface area contributed by atoms with E-state index in [2.05, 4.69) is 5.32 Å². The van der Waals surface area contributed by atoms with Crippen molar-refractivity contribution in [2.75, 3.05) is 19.4 Å². The van der Waals surface area contributed by atoms with Gasteiger partial charge in [0, 0.05) is 10.4 Å². The van der Waals surface area contributed by atoms with Crippen LogP contribution in [0.3, 0.4) is 0 Å². The van der Waals surface area contributed by atoms with Crippen molar-refractivity contribution in [3.8, 4) is 0 Å². The second-order valence-corrected chi connectivity index (χ2v) is 5.40. The molecular weight excluding hydrogens is 222 g/mol. The minimum Gasteiger partial charge on any atom is -0.468 e. The molecule has 2 N–H and O–H groups in total. The predicted octanol–water partition coefficient (Wildman–Crippen LogP) is 2.43. The molecule has 0 aliphatic carbocycles. The van der Waals surface area contributed by atoms with Gasteiger partial charge in [-0.05, 0) is 45.6 Å². The number of likely N-dealkylation sites (N-methyl/N-ethyl adjacent to an activating group) is 1. The maximum absolute atomic E-state index is 9.23. The van der Waals surface area contributed by atoms with E-state index in [0.717, 1.165) is 24.4 Å². The Morgan fingerprint density at radius 2 is 2.31 bits per heavy atom. The van der Waals surface area contributed by atoms with Gasteiger partial charge in [0.25, 0.3) is 0 Å². The highest BCUT2D eigenvalue weighted by Crippen LogP contribution is 2.25. The van der Waals surface area contributed by atoms with Gasteiger partial charge in [-0.3, -0.25) is 0 Å². The van der Waals surface area contributed by atoms with E-state index in [4.69, 9.17) is 4.42 Å². The molecule has 0 spiro atoms. The molecule has 0 fully saturated rings. The molecule has 16 heavy (non-hydrogen) atoms. The second kappa shape index (κ2) is 6.33. The third-order valence-electron chi connectivity index (χ3n) is 2.89. The number of aliphatic hydroxyl groups excluding tert-OH is 1. The molecule has 0 bridgehead atoms. The van der Waals surface area contributed by atoms with E-state index in [1.165, 1.54) is 4.90 Å². The first-order valence-electron chi connectivity index (χ1n) is 5.58. The monoisotopic (exact) mass is 243 g/mol. The third-order valence-corrected chi connectivity index (χ3v) is 4.12. The van der Waals surface area contributed by atoms with Crippen LogP contribution >= 0.6 is 11.8 Å².